The summed E-state index contributed by atoms with van der Waals surface area (Å²) >= 11 is 0. The Bertz CT molecular complexity index is 3400. The molecule has 0 N–H and O–H groups in total. The first kappa shape index (κ1) is 35.2. The molecule has 4 heteroatoms. The predicted molar refractivity (Wildman–Crippen MR) is 253 cm³/mol. The summed E-state index contributed by atoms with van der Waals surface area (Å²) in [6, 6.07) is 69.8. The van der Waals surface area contributed by atoms with Gasteiger partial charge in [0.2, 0.25) is 0 Å². The molecule has 3 heterocycles. The summed E-state index contributed by atoms with van der Waals surface area (Å²) < 4.78 is 2.38. The molecule has 288 valence electrons. The summed E-state index contributed by atoms with van der Waals surface area (Å²) in [7, 11) is 0. The molecule has 0 saturated heterocycles. The van der Waals surface area contributed by atoms with E-state index >= 15 is 0 Å². The van der Waals surface area contributed by atoms with Gasteiger partial charge in [0.05, 0.1) is 28.1 Å². The summed E-state index contributed by atoms with van der Waals surface area (Å²) in [6.45, 7) is 2.39. The van der Waals surface area contributed by atoms with E-state index in [0.29, 0.717) is 5.82 Å². The van der Waals surface area contributed by atoms with Crippen LogP contribution >= 0.6 is 0 Å². The number of nitrogens with zero attached hydrogens (tertiary/aromatic N) is 4. The first-order chi connectivity index (χ1) is 30.1. The number of hydrogen-bond donors (Lipinski definition) is 0. The SMILES string of the molecule is CC12CC=CC=C1N(c1ccc(-c3nc(-c4ccccc4)cc(-c4ccc5ccccc5c4)n3)cc1)c1cc(-c3ccc4c(c3)c3ccccc3n4-c3ccccc3)ccc12. The zero-order valence-electron chi connectivity index (χ0n) is 33.7. The zero-order chi connectivity index (χ0) is 40.5. The molecule has 8 aromatic carbocycles. The number of anilines is 2. The Kier molecular flexibility index (Phi) is 8.01. The van der Waals surface area contributed by atoms with E-state index in [1.807, 2.05) is 6.07 Å². The molecule has 12 rings (SSSR count). The molecule has 61 heavy (non-hydrogen) atoms. The van der Waals surface area contributed by atoms with Crippen molar-refractivity contribution in [3.05, 3.63) is 224 Å². The monoisotopic (exact) mass is 780 g/mol. The molecule has 2 aromatic heterocycles. The normalized spacial score (nSPS) is 15.6. The van der Waals surface area contributed by atoms with Crippen LogP contribution in [0.3, 0.4) is 0 Å². The van der Waals surface area contributed by atoms with Crippen molar-refractivity contribution in [2.45, 2.75) is 18.8 Å². The van der Waals surface area contributed by atoms with E-state index in [2.05, 4.69) is 223 Å². The van der Waals surface area contributed by atoms with Gasteiger partial charge >= 0.3 is 0 Å². The minimum atomic E-state index is -0.143. The lowest BCUT2D eigenvalue weighted by Gasteiger charge is -2.31. The highest BCUT2D eigenvalue weighted by atomic mass is 15.2. The van der Waals surface area contributed by atoms with Gasteiger partial charge in [-0.3, -0.25) is 0 Å². The molecule has 1 unspecified atom stereocenters. The van der Waals surface area contributed by atoms with Crippen LogP contribution in [0.4, 0.5) is 11.4 Å². The first-order valence-corrected chi connectivity index (χ1v) is 21.0. The highest BCUT2D eigenvalue weighted by Gasteiger charge is 2.44. The van der Waals surface area contributed by atoms with Crippen LogP contribution in [0.15, 0.2) is 218 Å². The number of hydrogen-bond acceptors (Lipinski definition) is 3. The molecule has 1 atom stereocenters. The van der Waals surface area contributed by atoms with Crippen LogP contribution in [-0.2, 0) is 5.41 Å². The third kappa shape index (κ3) is 5.75. The van der Waals surface area contributed by atoms with E-state index in [4.69, 9.17) is 9.97 Å². The Balaban J connectivity index is 0.952. The number of fused-ring (bicyclic) bond motifs is 7. The second-order valence-electron chi connectivity index (χ2n) is 16.4. The Hall–Kier alpha value is -7.82. The summed E-state index contributed by atoms with van der Waals surface area (Å²) in [5.74, 6) is 0.703. The van der Waals surface area contributed by atoms with Gasteiger partial charge in [-0.1, -0.05) is 133 Å². The second-order valence-corrected chi connectivity index (χ2v) is 16.4. The lowest BCUT2D eigenvalue weighted by atomic mass is 9.76. The lowest BCUT2D eigenvalue weighted by Crippen LogP contribution is -2.26. The lowest BCUT2D eigenvalue weighted by molar-refractivity contribution is 0.577. The Morgan fingerprint density at radius 2 is 1.13 bits per heavy atom. The number of allylic oxidation sites excluding steroid dienone is 4. The fourth-order valence-corrected chi connectivity index (χ4v) is 9.69. The van der Waals surface area contributed by atoms with Crippen molar-refractivity contribution in [3.8, 4) is 50.7 Å². The van der Waals surface area contributed by atoms with Gasteiger partial charge in [0.25, 0.3) is 0 Å². The number of benzene rings is 8. The van der Waals surface area contributed by atoms with E-state index in [9.17, 15) is 0 Å². The maximum absolute atomic E-state index is 5.20. The van der Waals surface area contributed by atoms with Gasteiger partial charge in [-0.2, -0.15) is 0 Å². The van der Waals surface area contributed by atoms with Crippen LogP contribution in [0.1, 0.15) is 18.9 Å². The smallest absolute Gasteiger partial charge is 0.160 e. The minimum absolute atomic E-state index is 0.143. The highest BCUT2D eigenvalue weighted by molar-refractivity contribution is 6.10. The van der Waals surface area contributed by atoms with Crippen molar-refractivity contribution in [1.82, 2.24) is 14.5 Å². The van der Waals surface area contributed by atoms with Gasteiger partial charge in [-0.15, -0.1) is 0 Å². The summed E-state index contributed by atoms with van der Waals surface area (Å²) in [6.07, 6.45) is 7.75. The van der Waals surface area contributed by atoms with E-state index in [0.717, 1.165) is 40.2 Å². The Labute approximate surface area is 355 Å². The fourth-order valence-electron chi connectivity index (χ4n) is 9.69. The van der Waals surface area contributed by atoms with Crippen molar-refractivity contribution in [2.24, 2.45) is 0 Å². The summed E-state index contributed by atoms with van der Waals surface area (Å²) in [5, 5.41) is 4.90. The maximum atomic E-state index is 5.20. The molecule has 0 fully saturated rings. The summed E-state index contributed by atoms with van der Waals surface area (Å²) in [4.78, 5) is 12.8. The van der Waals surface area contributed by atoms with E-state index in [1.165, 1.54) is 66.3 Å². The molecule has 0 amide bonds. The highest BCUT2D eigenvalue weighted by Crippen LogP contribution is 2.55. The van der Waals surface area contributed by atoms with Crippen LogP contribution in [0, 0.1) is 0 Å². The second kappa shape index (κ2) is 13.9. The van der Waals surface area contributed by atoms with Gasteiger partial charge in [0, 0.05) is 49.9 Å². The fraction of sp³-hybridized carbons (Fsp3) is 0.0526. The molecular weight excluding hydrogens is 741 g/mol. The number of para-hydroxylation sites is 2. The van der Waals surface area contributed by atoms with Crippen LogP contribution in [-0.4, -0.2) is 14.5 Å². The Morgan fingerprint density at radius 3 is 1.97 bits per heavy atom. The van der Waals surface area contributed by atoms with Crippen LogP contribution < -0.4 is 4.90 Å². The molecular formula is C57H40N4. The van der Waals surface area contributed by atoms with Gasteiger partial charge in [-0.25, -0.2) is 9.97 Å². The molecule has 1 aliphatic carbocycles. The quantitative estimate of drug-likeness (QED) is 0.169. The number of aromatic nitrogens is 3. The van der Waals surface area contributed by atoms with Crippen LogP contribution in [0.5, 0.6) is 0 Å². The largest absolute Gasteiger partial charge is 0.313 e. The van der Waals surface area contributed by atoms with Crippen LogP contribution in [0.2, 0.25) is 0 Å². The van der Waals surface area contributed by atoms with Gasteiger partial charge < -0.3 is 9.47 Å². The topological polar surface area (TPSA) is 34.0 Å². The molecule has 0 saturated carbocycles. The van der Waals surface area contributed by atoms with Crippen molar-refractivity contribution in [2.75, 3.05) is 4.90 Å². The van der Waals surface area contributed by atoms with Crippen molar-refractivity contribution < 1.29 is 0 Å². The molecule has 4 nitrogen and oxygen atoms in total. The molecule has 0 spiro atoms. The molecule has 0 radical (unpaired) electrons. The van der Waals surface area contributed by atoms with Crippen LogP contribution in [0.25, 0.3) is 83.3 Å². The van der Waals surface area contributed by atoms with E-state index in [1.54, 1.807) is 0 Å². The first-order valence-electron chi connectivity index (χ1n) is 21.0. The average Bonchev–Trinajstić information content (AvgIpc) is 3.80. The van der Waals surface area contributed by atoms with Gasteiger partial charge in [0.1, 0.15) is 0 Å². The standard InChI is InChI=1S/C57H40N4/c1-57-33-13-12-22-55(57)61(54-36-43(27-31-49(54)57)42-28-32-53-48(35-42)47-20-10-11-21-52(47)60(53)45-18-6-3-7-19-45)46-29-25-40(26-30-46)56-58-50(39-15-4-2-5-16-39)37-51(59-56)44-24-23-38-14-8-9-17-41(38)34-44/h2-32,34-37H,33H2,1H3. The average molecular weight is 781 g/mol. The minimum Gasteiger partial charge on any atom is -0.313 e. The zero-order valence-corrected chi connectivity index (χ0v) is 33.7. The third-order valence-electron chi connectivity index (χ3n) is 12.8. The Morgan fingerprint density at radius 1 is 0.475 bits per heavy atom. The van der Waals surface area contributed by atoms with Crippen molar-refractivity contribution in [3.63, 3.8) is 0 Å². The molecule has 0 bridgehead atoms. The van der Waals surface area contributed by atoms with Crippen molar-refractivity contribution >= 4 is 44.0 Å². The maximum Gasteiger partial charge on any atom is 0.160 e. The molecule has 1 aliphatic heterocycles. The van der Waals surface area contributed by atoms with E-state index in [-0.39, 0.29) is 5.41 Å². The summed E-state index contributed by atoms with van der Waals surface area (Å²) in [5.41, 5.74) is 15.7. The van der Waals surface area contributed by atoms with E-state index < -0.39 is 0 Å². The molecule has 2 aliphatic rings. The third-order valence-corrected chi connectivity index (χ3v) is 12.8. The van der Waals surface area contributed by atoms with Gasteiger partial charge in [-0.05, 0) is 120 Å². The predicted octanol–water partition coefficient (Wildman–Crippen LogP) is 14.6. The number of rotatable bonds is 6. The van der Waals surface area contributed by atoms with Gasteiger partial charge in [0.15, 0.2) is 5.82 Å². The molecule has 10 aromatic rings. The van der Waals surface area contributed by atoms with Crippen molar-refractivity contribution in [1.29, 1.82) is 0 Å².